The molecule has 24 heavy (non-hydrogen) atoms. The van der Waals surface area contributed by atoms with Crippen molar-refractivity contribution in [1.29, 1.82) is 0 Å². The van der Waals surface area contributed by atoms with Gasteiger partial charge in [0.2, 0.25) is 0 Å². The molecule has 0 bridgehead atoms. The molecular formula is C18H33IN4O. The number of hydrogen-bond acceptors (Lipinski definition) is 3. The van der Waals surface area contributed by atoms with E-state index >= 15 is 0 Å². The molecule has 3 N–H and O–H groups in total. The van der Waals surface area contributed by atoms with Gasteiger partial charge in [-0.25, -0.2) is 0 Å². The first-order valence-corrected chi connectivity index (χ1v) is 8.46. The molecule has 0 amide bonds. The number of nitrogens with one attached hydrogen (secondary N) is 2. The average Bonchev–Trinajstić information content (AvgIpc) is 2.56. The Labute approximate surface area is 164 Å². The van der Waals surface area contributed by atoms with Gasteiger partial charge in [0.15, 0.2) is 5.96 Å². The molecule has 138 valence electrons. The smallest absolute Gasteiger partial charge is 0.191 e. The van der Waals surface area contributed by atoms with E-state index in [1.165, 1.54) is 0 Å². The van der Waals surface area contributed by atoms with Crippen LogP contribution in [0.15, 0.2) is 35.3 Å². The monoisotopic (exact) mass is 448 g/mol. The molecule has 5 nitrogen and oxygen atoms in total. The first kappa shape index (κ1) is 23.1. The SMILES string of the molecule is CCNC(=NCC(CO)c1ccccc1)NCCN(C)C(C)C.I. The van der Waals surface area contributed by atoms with Crippen LogP contribution in [-0.4, -0.2) is 61.8 Å². The van der Waals surface area contributed by atoms with E-state index in [2.05, 4.69) is 48.3 Å². The Morgan fingerprint density at radius 2 is 1.88 bits per heavy atom. The van der Waals surface area contributed by atoms with E-state index in [9.17, 15) is 5.11 Å². The fraction of sp³-hybridized carbons (Fsp3) is 0.611. The molecule has 1 unspecified atom stereocenters. The number of likely N-dealkylation sites (N-methyl/N-ethyl adjacent to an activating group) is 1. The number of halogens is 1. The summed E-state index contributed by atoms with van der Waals surface area (Å²) in [6, 6.07) is 10.6. The Morgan fingerprint density at radius 1 is 1.21 bits per heavy atom. The molecule has 0 aliphatic heterocycles. The maximum Gasteiger partial charge on any atom is 0.191 e. The summed E-state index contributed by atoms with van der Waals surface area (Å²) < 4.78 is 0. The number of guanidine groups is 1. The Hall–Kier alpha value is -0.860. The number of nitrogens with zero attached hydrogens (tertiary/aromatic N) is 2. The van der Waals surface area contributed by atoms with Crippen LogP contribution >= 0.6 is 24.0 Å². The molecule has 0 aliphatic carbocycles. The third kappa shape index (κ3) is 8.84. The van der Waals surface area contributed by atoms with Crippen LogP contribution in [-0.2, 0) is 0 Å². The topological polar surface area (TPSA) is 59.9 Å². The Bertz CT molecular complexity index is 454. The van der Waals surface area contributed by atoms with E-state index in [1.54, 1.807) is 0 Å². The predicted molar refractivity (Wildman–Crippen MR) is 113 cm³/mol. The van der Waals surface area contributed by atoms with Crippen LogP contribution in [0, 0.1) is 0 Å². The van der Waals surface area contributed by atoms with E-state index in [1.807, 2.05) is 30.3 Å². The van der Waals surface area contributed by atoms with Gasteiger partial charge >= 0.3 is 0 Å². The Morgan fingerprint density at radius 3 is 2.42 bits per heavy atom. The van der Waals surface area contributed by atoms with Crippen molar-refractivity contribution in [3.63, 3.8) is 0 Å². The van der Waals surface area contributed by atoms with Crippen LogP contribution in [0.2, 0.25) is 0 Å². The largest absolute Gasteiger partial charge is 0.396 e. The molecule has 0 saturated carbocycles. The normalized spacial score (nSPS) is 12.9. The average molecular weight is 448 g/mol. The maximum absolute atomic E-state index is 9.62. The summed E-state index contributed by atoms with van der Waals surface area (Å²) in [5, 5.41) is 16.2. The van der Waals surface area contributed by atoms with Crippen LogP contribution < -0.4 is 10.6 Å². The number of aliphatic hydroxyl groups is 1. The lowest BCUT2D eigenvalue weighted by atomic mass is 10.0. The highest BCUT2D eigenvalue weighted by Crippen LogP contribution is 2.14. The molecule has 1 aromatic rings. The zero-order chi connectivity index (χ0) is 17.1. The molecule has 6 heteroatoms. The minimum Gasteiger partial charge on any atom is -0.396 e. The molecule has 0 spiro atoms. The number of rotatable bonds is 9. The van der Waals surface area contributed by atoms with Crippen LogP contribution in [0.5, 0.6) is 0 Å². The lowest BCUT2D eigenvalue weighted by Gasteiger charge is -2.22. The third-order valence-corrected chi connectivity index (χ3v) is 3.94. The van der Waals surface area contributed by atoms with Crippen molar-refractivity contribution in [2.75, 3.05) is 39.8 Å². The Kier molecular flexibility index (Phi) is 13.0. The summed E-state index contributed by atoms with van der Waals surface area (Å²) in [7, 11) is 2.12. The van der Waals surface area contributed by atoms with Crippen molar-refractivity contribution in [2.45, 2.75) is 32.7 Å². The zero-order valence-corrected chi connectivity index (χ0v) is 17.7. The van der Waals surface area contributed by atoms with Crippen molar-refractivity contribution in [1.82, 2.24) is 15.5 Å². The van der Waals surface area contributed by atoms with Crippen molar-refractivity contribution >= 4 is 29.9 Å². The van der Waals surface area contributed by atoms with E-state index in [0.29, 0.717) is 12.6 Å². The van der Waals surface area contributed by atoms with Gasteiger partial charge < -0.3 is 20.6 Å². The molecular weight excluding hydrogens is 415 g/mol. The summed E-state index contributed by atoms with van der Waals surface area (Å²) in [6.07, 6.45) is 0. The van der Waals surface area contributed by atoms with Crippen molar-refractivity contribution in [3.05, 3.63) is 35.9 Å². The fourth-order valence-electron chi connectivity index (χ4n) is 2.15. The molecule has 0 fully saturated rings. The minimum absolute atomic E-state index is 0. The van der Waals surface area contributed by atoms with Gasteiger partial charge in [0, 0.05) is 31.6 Å². The molecule has 1 rings (SSSR count). The summed E-state index contributed by atoms with van der Waals surface area (Å²) in [5.74, 6) is 0.837. The number of benzene rings is 1. The second-order valence-electron chi connectivity index (χ2n) is 6.01. The molecule has 0 aromatic heterocycles. The molecule has 0 heterocycles. The number of aliphatic hydroxyl groups excluding tert-OH is 1. The van der Waals surface area contributed by atoms with Gasteiger partial charge in [-0.1, -0.05) is 30.3 Å². The predicted octanol–water partition coefficient (Wildman–Crippen LogP) is 2.28. The van der Waals surface area contributed by atoms with Gasteiger partial charge in [0.25, 0.3) is 0 Å². The van der Waals surface area contributed by atoms with Gasteiger partial charge in [0.05, 0.1) is 13.2 Å². The highest BCUT2D eigenvalue weighted by Gasteiger charge is 2.10. The van der Waals surface area contributed by atoms with E-state index in [-0.39, 0.29) is 36.5 Å². The van der Waals surface area contributed by atoms with Gasteiger partial charge in [-0.15, -0.1) is 24.0 Å². The van der Waals surface area contributed by atoms with E-state index < -0.39 is 0 Å². The minimum atomic E-state index is 0. The number of aliphatic imine (C=N–C) groups is 1. The van der Waals surface area contributed by atoms with Gasteiger partial charge in [0.1, 0.15) is 0 Å². The van der Waals surface area contributed by atoms with Gasteiger partial charge in [-0.05, 0) is 33.4 Å². The molecule has 0 radical (unpaired) electrons. The van der Waals surface area contributed by atoms with Gasteiger partial charge in [-0.3, -0.25) is 4.99 Å². The van der Waals surface area contributed by atoms with Crippen molar-refractivity contribution in [2.24, 2.45) is 4.99 Å². The van der Waals surface area contributed by atoms with Gasteiger partial charge in [-0.2, -0.15) is 0 Å². The van der Waals surface area contributed by atoms with Crippen molar-refractivity contribution < 1.29 is 5.11 Å². The van der Waals surface area contributed by atoms with E-state index in [0.717, 1.165) is 31.2 Å². The highest BCUT2D eigenvalue weighted by molar-refractivity contribution is 14.0. The van der Waals surface area contributed by atoms with E-state index in [4.69, 9.17) is 0 Å². The standard InChI is InChI=1S/C18H32N4O.HI/c1-5-19-18(20-11-12-22(4)15(2)3)21-13-17(14-23)16-9-7-6-8-10-16;/h6-10,15,17,23H,5,11-14H2,1-4H3,(H2,19,20,21);1H. The van der Waals surface area contributed by atoms with Crippen LogP contribution in [0.4, 0.5) is 0 Å². The first-order chi connectivity index (χ1) is 11.1. The molecule has 1 atom stereocenters. The maximum atomic E-state index is 9.62. The summed E-state index contributed by atoms with van der Waals surface area (Å²) >= 11 is 0. The Balaban J connectivity index is 0.00000529. The third-order valence-electron chi connectivity index (χ3n) is 3.94. The lowest BCUT2D eigenvalue weighted by molar-refractivity contribution is 0.267. The zero-order valence-electron chi connectivity index (χ0n) is 15.3. The summed E-state index contributed by atoms with van der Waals surface area (Å²) in [6.45, 7) is 9.72. The summed E-state index contributed by atoms with van der Waals surface area (Å²) in [5.41, 5.74) is 1.12. The van der Waals surface area contributed by atoms with Crippen LogP contribution in [0.25, 0.3) is 0 Å². The second-order valence-corrected chi connectivity index (χ2v) is 6.01. The highest BCUT2D eigenvalue weighted by atomic mass is 127. The van der Waals surface area contributed by atoms with Crippen molar-refractivity contribution in [3.8, 4) is 0 Å². The van der Waals surface area contributed by atoms with Crippen LogP contribution in [0.3, 0.4) is 0 Å². The second kappa shape index (κ2) is 13.4. The molecule has 0 saturated heterocycles. The molecule has 0 aliphatic rings. The fourth-order valence-corrected chi connectivity index (χ4v) is 2.15. The quantitative estimate of drug-likeness (QED) is 0.308. The lowest BCUT2D eigenvalue weighted by Crippen LogP contribution is -2.42. The summed E-state index contributed by atoms with van der Waals surface area (Å²) in [4.78, 5) is 6.91. The number of hydrogen-bond donors (Lipinski definition) is 3. The molecule has 1 aromatic carbocycles. The van der Waals surface area contributed by atoms with Crippen LogP contribution in [0.1, 0.15) is 32.3 Å². The first-order valence-electron chi connectivity index (χ1n) is 8.46.